The van der Waals surface area contributed by atoms with E-state index in [1.165, 1.54) is 4.90 Å². The van der Waals surface area contributed by atoms with E-state index in [1.807, 2.05) is 57.2 Å². The Kier molecular flexibility index (Phi) is 7.20. The van der Waals surface area contributed by atoms with Gasteiger partial charge in [0, 0.05) is 17.3 Å². The van der Waals surface area contributed by atoms with Crippen LogP contribution in [0.15, 0.2) is 84.4 Å². The van der Waals surface area contributed by atoms with Crippen molar-refractivity contribution >= 4 is 23.1 Å². The van der Waals surface area contributed by atoms with E-state index >= 15 is 0 Å². The van der Waals surface area contributed by atoms with Crippen LogP contribution in [0.25, 0.3) is 5.76 Å². The smallest absolute Gasteiger partial charge is 0.300 e. The van der Waals surface area contributed by atoms with Crippen LogP contribution in [0.5, 0.6) is 11.5 Å². The molecule has 0 radical (unpaired) electrons. The molecule has 1 N–H and O–H groups in total. The van der Waals surface area contributed by atoms with Crippen LogP contribution in [0.2, 0.25) is 0 Å². The number of aliphatic hydroxyl groups is 1. The molecule has 6 heteroatoms. The second-order valence-electron chi connectivity index (χ2n) is 8.62. The summed E-state index contributed by atoms with van der Waals surface area (Å²) >= 11 is 0. The van der Waals surface area contributed by atoms with Crippen LogP contribution in [0.3, 0.4) is 0 Å². The number of anilines is 1. The van der Waals surface area contributed by atoms with E-state index in [9.17, 15) is 14.7 Å². The van der Waals surface area contributed by atoms with Gasteiger partial charge in [0.05, 0.1) is 24.3 Å². The molecule has 0 spiro atoms. The van der Waals surface area contributed by atoms with Gasteiger partial charge >= 0.3 is 0 Å². The molecule has 3 aromatic rings. The van der Waals surface area contributed by atoms with Crippen molar-refractivity contribution in [2.75, 3.05) is 11.5 Å². The molecule has 1 fully saturated rings. The molecular formula is C29H29NO5. The predicted octanol–water partition coefficient (Wildman–Crippen LogP) is 5.89. The molecule has 0 saturated carbocycles. The third-order valence-electron chi connectivity index (χ3n) is 5.63. The number of hydrogen-bond acceptors (Lipinski definition) is 5. The zero-order chi connectivity index (χ0) is 24.9. The maximum absolute atomic E-state index is 13.3. The zero-order valence-electron chi connectivity index (χ0n) is 20.1. The first-order valence-corrected chi connectivity index (χ1v) is 11.8. The number of Topliss-reactive ketones (excluding diaryl/α,β-unsaturated/α-hetero) is 1. The SMILES string of the molecule is CCCOc1cccc(N2C(=O)C(=O)/C(=C(/O)c3ccc(OC(C)C)cc3)C2c2ccccc2)c1. The van der Waals surface area contributed by atoms with Gasteiger partial charge in [-0.1, -0.05) is 43.3 Å². The van der Waals surface area contributed by atoms with E-state index in [0.29, 0.717) is 34.9 Å². The first-order valence-electron chi connectivity index (χ1n) is 11.8. The lowest BCUT2D eigenvalue weighted by Crippen LogP contribution is -2.29. The van der Waals surface area contributed by atoms with Gasteiger partial charge in [0.25, 0.3) is 11.7 Å². The van der Waals surface area contributed by atoms with Crippen molar-refractivity contribution in [1.82, 2.24) is 0 Å². The average molecular weight is 472 g/mol. The topological polar surface area (TPSA) is 76.1 Å². The summed E-state index contributed by atoms with van der Waals surface area (Å²) in [6.45, 7) is 6.41. The van der Waals surface area contributed by atoms with Crippen LogP contribution in [0.4, 0.5) is 5.69 Å². The van der Waals surface area contributed by atoms with Crippen LogP contribution < -0.4 is 14.4 Å². The van der Waals surface area contributed by atoms with Gasteiger partial charge in [0.15, 0.2) is 0 Å². The number of hydrogen-bond donors (Lipinski definition) is 1. The molecule has 1 aliphatic heterocycles. The monoisotopic (exact) mass is 471 g/mol. The van der Waals surface area contributed by atoms with Gasteiger partial charge in [0.2, 0.25) is 0 Å². The van der Waals surface area contributed by atoms with Gasteiger partial charge in [-0.05, 0) is 62.2 Å². The second kappa shape index (κ2) is 10.5. The summed E-state index contributed by atoms with van der Waals surface area (Å²) in [7, 11) is 0. The first-order chi connectivity index (χ1) is 16.9. The number of ether oxygens (including phenoxy) is 2. The molecule has 0 bridgehead atoms. The lowest BCUT2D eigenvalue weighted by atomic mass is 9.95. The quantitative estimate of drug-likeness (QED) is 0.252. The molecule has 180 valence electrons. The largest absolute Gasteiger partial charge is 0.507 e. The summed E-state index contributed by atoms with van der Waals surface area (Å²) in [4.78, 5) is 28.0. The van der Waals surface area contributed by atoms with Gasteiger partial charge < -0.3 is 14.6 Å². The highest BCUT2D eigenvalue weighted by molar-refractivity contribution is 6.51. The molecule has 1 saturated heterocycles. The summed E-state index contributed by atoms with van der Waals surface area (Å²) in [6.07, 6.45) is 0.856. The van der Waals surface area contributed by atoms with Crippen LogP contribution >= 0.6 is 0 Å². The molecular weight excluding hydrogens is 442 g/mol. The molecule has 0 aromatic heterocycles. The number of carbonyl (C=O) groups is 2. The highest BCUT2D eigenvalue weighted by atomic mass is 16.5. The van der Waals surface area contributed by atoms with Crippen molar-refractivity contribution in [1.29, 1.82) is 0 Å². The molecule has 1 aliphatic rings. The number of benzene rings is 3. The van der Waals surface area contributed by atoms with E-state index < -0.39 is 17.7 Å². The minimum atomic E-state index is -0.788. The first kappa shape index (κ1) is 24.1. The lowest BCUT2D eigenvalue weighted by molar-refractivity contribution is -0.132. The third kappa shape index (κ3) is 5.06. The predicted molar refractivity (Wildman–Crippen MR) is 136 cm³/mol. The zero-order valence-corrected chi connectivity index (χ0v) is 20.1. The fourth-order valence-corrected chi connectivity index (χ4v) is 4.11. The van der Waals surface area contributed by atoms with Crippen molar-refractivity contribution < 1.29 is 24.2 Å². The Hall–Kier alpha value is -4.06. The van der Waals surface area contributed by atoms with Crippen molar-refractivity contribution in [2.45, 2.75) is 39.3 Å². The Balaban J connectivity index is 1.81. The molecule has 1 heterocycles. The molecule has 1 amide bonds. The minimum Gasteiger partial charge on any atom is -0.507 e. The molecule has 6 nitrogen and oxygen atoms in total. The van der Waals surface area contributed by atoms with Gasteiger partial charge in [-0.3, -0.25) is 14.5 Å². The summed E-state index contributed by atoms with van der Waals surface area (Å²) < 4.78 is 11.4. The van der Waals surface area contributed by atoms with Crippen molar-refractivity contribution in [3.8, 4) is 11.5 Å². The van der Waals surface area contributed by atoms with Crippen molar-refractivity contribution in [3.05, 3.63) is 95.6 Å². The summed E-state index contributed by atoms with van der Waals surface area (Å²) in [6, 6.07) is 22.4. The van der Waals surface area contributed by atoms with E-state index in [0.717, 1.165) is 6.42 Å². The normalized spacial score (nSPS) is 17.1. The van der Waals surface area contributed by atoms with Gasteiger partial charge in [-0.15, -0.1) is 0 Å². The second-order valence-corrected chi connectivity index (χ2v) is 8.62. The standard InChI is InChI=1S/C29H29NO5/c1-4-17-34-24-12-8-11-22(18-24)30-26(20-9-6-5-7-10-20)25(28(32)29(30)33)27(31)21-13-15-23(16-14-21)35-19(2)3/h5-16,18-19,26,31H,4,17H2,1-3H3/b27-25+. The number of carbonyl (C=O) groups excluding carboxylic acids is 2. The third-order valence-corrected chi connectivity index (χ3v) is 5.63. The van der Waals surface area contributed by atoms with Gasteiger partial charge in [-0.2, -0.15) is 0 Å². The average Bonchev–Trinajstić information content (AvgIpc) is 3.13. The molecule has 3 aromatic carbocycles. The molecule has 1 atom stereocenters. The van der Waals surface area contributed by atoms with E-state index in [1.54, 1.807) is 42.5 Å². The maximum Gasteiger partial charge on any atom is 0.300 e. The Morgan fingerprint density at radius 1 is 0.943 bits per heavy atom. The Morgan fingerprint density at radius 2 is 1.66 bits per heavy atom. The summed E-state index contributed by atoms with van der Waals surface area (Å²) in [5, 5.41) is 11.3. The fraction of sp³-hybridized carbons (Fsp3) is 0.241. The van der Waals surface area contributed by atoms with Gasteiger partial charge in [0.1, 0.15) is 17.3 Å². The van der Waals surface area contributed by atoms with E-state index in [4.69, 9.17) is 9.47 Å². The van der Waals surface area contributed by atoms with Crippen LogP contribution in [0, 0.1) is 0 Å². The molecule has 0 aliphatic carbocycles. The summed E-state index contributed by atoms with van der Waals surface area (Å²) in [5.41, 5.74) is 1.71. The Bertz CT molecular complexity index is 1230. The summed E-state index contributed by atoms with van der Waals surface area (Å²) in [5.74, 6) is -0.403. The molecule has 1 unspecified atom stereocenters. The number of amides is 1. The van der Waals surface area contributed by atoms with E-state index in [2.05, 4.69) is 0 Å². The number of ketones is 1. The Morgan fingerprint density at radius 3 is 2.31 bits per heavy atom. The number of rotatable bonds is 8. The number of aliphatic hydroxyl groups excluding tert-OH is 1. The molecule has 35 heavy (non-hydrogen) atoms. The van der Waals surface area contributed by atoms with Gasteiger partial charge in [-0.25, -0.2) is 0 Å². The Labute approximate surface area is 205 Å². The van der Waals surface area contributed by atoms with Crippen molar-refractivity contribution in [3.63, 3.8) is 0 Å². The molecule has 4 rings (SSSR count). The van der Waals surface area contributed by atoms with E-state index in [-0.39, 0.29) is 17.4 Å². The maximum atomic E-state index is 13.3. The highest BCUT2D eigenvalue weighted by Crippen LogP contribution is 2.42. The van der Waals surface area contributed by atoms with Crippen LogP contribution in [0.1, 0.15) is 44.4 Å². The lowest BCUT2D eigenvalue weighted by Gasteiger charge is -2.25. The van der Waals surface area contributed by atoms with Crippen molar-refractivity contribution in [2.24, 2.45) is 0 Å². The minimum absolute atomic E-state index is 0.00919. The van der Waals surface area contributed by atoms with Crippen LogP contribution in [-0.4, -0.2) is 29.5 Å². The highest BCUT2D eigenvalue weighted by Gasteiger charge is 2.47. The van der Waals surface area contributed by atoms with Crippen LogP contribution in [-0.2, 0) is 9.59 Å². The fourth-order valence-electron chi connectivity index (χ4n) is 4.11. The number of nitrogens with zero attached hydrogens (tertiary/aromatic N) is 1.